The third-order valence-electron chi connectivity index (χ3n) is 4.10. The van der Waals surface area contributed by atoms with E-state index in [4.69, 9.17) is 10.5 Å². The largest absolute Gasteiger partial charge is 0.465 e. The minimum Gasteiger partial charge on any atom is -0.465 e. The molecule has 1 fully saturated rings. The van der Waals surface area contributed by atoms with E-state index in [1.54, 1.807) is 12.1 Å². The SMILES string of the molecule is CCCC1CCN(c2c(N)cccc2C(=O)OC)CC1. The molecule has 2 rings (SSSR count). The summed E-state index contributed by atoms with van der Waals surface area (Å²) in [7, 11) is 1.41. The van der Waals surface area contributed by atoms with E-state index in [0.29, 0.717) is 11.3 Å². The van der Waals surface area contributed by atoms with Gasteiger partial charge in [0.1, 0.15) is 0 Å². The highest BCUT2D eigenvalue weighted by Gasteiger charge is 2.24. The third-order valence-corrected chi connectivity index (χ3v) is 4.10. The number of carbonyl (C=O) groups excluding carboxylic acids is 1. The number of para-hydroxylation sites is 1. The topological polar surface area (TPSA) is 55.6 Å². The van der Waals surface area contributed by atoms with E-state index in [9.17, 15) is 4.79 Å². The molecule has 1 heterocycles. The van der Waals surface area contributed by atoms with E-state index in [-0.39, 0.29) is 5.97 Å². The third kappa shape index (κ3) is 3.06. The highest BCUT2D eigenvalue weighted by Crippen LogP contribution is 2.33. The van der Waals surface area contributed by atoms with Gasteiger partial charge >= 0.3 is 5.97 Å². The molecule has 1 aromatic carbocycles. The fourth-order valence-electron chi connectivity index (χ4n) is 3.04. The van der Waals surface area contributed by atoms with Gasteiger partial charge in [0.2, 0.25) is 0 Å². The Morgan fingerprint density at radius 1 is 1.40 bits per heavy atom. The monoisotopic (exact) mass is 276 g/mol. The highest BCUT2D eigenvalue weighted by atomic mass is 16.5. The summed E-state index contributed by atoms with van der Waals surface area (Å²) < 4.78 is 4.86. The molecule has 0 saturated carbocycles. The van der Waals surface area contributed by atoms with Gasteiger partial charge in [0, 0.05) is 13.1 Å². The number of rotatable bonds is 4. The molecule has 0 amide bonds. The van der Waals surface area contributed by atoms with E-state index in [0.717, 1.165) is 24.7 Å². The Kier molecular flexibility index (Phi) is 4.88. The van der Waals surface area contributed by atoms with E-state index < -0.39 is 0 Å². The van der Waals surface area contributed by atoms with E-state index in [1.807, 2.05) is 6.07 Å². The molecule has 110 valence electrons. The normalized spacial score (nSPS) is 16.2. The number of hydrogen-bond donors (Lipinski definition) is 1. The van der Waals surface area contributed by atoms with Crippen molar-refractivity contribution in [3.05, 3.63) is 23.8 Å². The van der Waals surface area contributed by atoms with Gasteiger partial charge in [-0.25, -0.2) is 4.79 Å². The Balaban J connectivity index is 2.19. The van der Waals surface area contributed by atoms with E-state index in [2.05, 4.69) is 11.8 Å². The number of nitrogens with two attached hydrogens (primary N) is 1. The molecular formula is C16H24N2O2. The van der Waals surface area contributed by atoms with Crippen LogP contribution in [0.25, 0.3) is 0 Å². The van der Waals surface area contributed by atoms with Gasteiger partial charge in [-0.15, -0.1) is 0 Å². The lowest BCUT2D eigenvalue weighted by atomic mass is 9.92. The number of esters is 1. The number of benzene rings is 1. The van der Waals surface area contributed by atoms with Crippen molar-refractivity contribution < 1.29 is 9.53 Å². The molecule has 1 aliphatic rings. The van der Waals surface area contributed by atoms with Gasteiger partial charge in [0.25, 0.3) is 0 Å². The zero-order valence-electron chi connectivity index (χ0n) is 12.4. The van der Waals surface area contributed by atoms with Crippen LogP contribution in [-0.4, -0.2) is 26.2 Å². The first-order valence-electron chi connectivity index (χ1n) is 7.39. The van der Waals surface area contributed by atoms with Crippen LogP contribution in [-0.2, 0) is 4.74 Å². The predicted molar refractivity (Wildman–Crippen MR) is 82.0 cm³/mol. The molecular weight excluding hydrogens is 252 g/mol. The maximum absolute atomic E-state index is 11.9. The van der Waals surface area contributed by atoms with Crippen molar-refractivity contribution in [3.8, 4) is 0 Å². The summed E-state index contributed by atoms with van der Waals surface area (Å²) in [6.07, 6.45) is 4.87. The number of carbonyl (C=O) groups is 1. The summed E-state index contributed by atoms with van der Waals surface area (Å²) in [5.41, 5.74) is 8.16. The zero-order valence-corrected chi connectivity index (χ0v) is 12.4. The predicted octanol–water partition coefficient (Wildman–Crippen LogP) is 3.07. The highest BCUT2D eigenvalue weighted by molar-refractivity contribution is 5.99. The van der Waals surface area contributed by atoms with Crippen LogP contribution in [0.4, 0.5) is 11.4 Å². The van der Waals surface area contributed by atoms with Crippen LogP contribution in [0.1, 0.15) is 43.0 Å². The summed E-state index contributed by atoms with van der Waals surface area (Å²) in [5, 5.41) is 0. The summed E-state index contributed by atoms with van der Waals surface area (Å²) in [6.45, 7) is 4.16. The van der Waals surface area contributed by atoms with Gasteiger partial charge < -0.3 is 15.4 Å². The molecule has 1 saturated heterocycles. The van der Waals surface area contributed by atoms with Crippen molar-refractivity contribution in [2.24, 2.45) is 5.92 Å². The van der Waals surface area contributed by atoms with Crippen LogP contribution in [0.3, 0.4) is 0 Å². The van der Waals surface area contributed by atoms with Crippen LogP contribution >= 0.6 is 0 Å². The first-order chi connectivity index (χ1) is 9.67. The zero-order chi connectivity index (χ0) is 14.5. The van der Waals surface area contributed by atoms with Gasteiger partial charge in [-0.1, -0.05) is 25.8 Å². The molecule has 0 atom stereocenters. The number of ether oxygens (including phenoxy) is 1. The van der Waals surface area contributed by atoms with Crippen molar-refractivity contribution in [1.29, 1.82) is 0 Å². The summed E-state index contributed by atoms with van der Waals surface area (Å²) >= 11 is 0. The second-order valence-corrected chi connectivity index (χ2v) is 5.45. The van der Waals surface area contributed by atoms with Crippen LogP contribution in [0.5, 0.6) is 0 Å². The van der Waals surface area contributed by atoms with Gasteiger partial charge in [0.05, 0.1) is 24.0 Å². The number of nitrogen functional groups attached to an aromatic ring is 1. The summed E-state index contributed by atoms with van der Waals surface area (Å²) in [6, 6.07) is 5.44. The molecule has 0 spiro atoms. The fraction of sp³-hybridized carbons (Fsp3) is 0.562. The van der Waals surface area contributed by atoms with Crippen LogP contribution < -0.4 is 10.6 Å². The van der Waals surface area contributed by atoms with Gasteiger partial charge in [-0.3, -0.25) is 0 Å². The average Bonchev–Trinajstić information content (AvgIpc) is 2.47. The average molecular weight is 276 g/mol. The molecule has 0 aromatic heterocycles. The van der Waals surface area contributed by atoms with Gasteiger partial charge in [-0.2, -0.15) is 0 Å². The lowest BCUT2D eigenvalue weighted by Crippen LogP contribution is -2.35. The van der Waals surface area contributed by atoms with E-state index >= 15 is 0 Å². The Hall–Kier alpha value is -1.71. The summed E-state index contributed by atoms with van der Waals surface area (Å²) in [4.78, 5) is 14.1. The van der Waals surface area contributed by atoms with Crippen LogP contribution in [0.2, 0.25) is 0 Å². The number of anilines is 2. The lowest BCUT2D eigenvalue weighted by molar-refractivity contribution is 0.0601. The second kappa shape index (κ2) is 6.64. The van der Waals surface area contributed by atoms with Gasteiger partial charge in [0.15, 0.2) is 0 Å². The van der Waals surface area contributed by atoms with Crippen molar-refractivity contribution in [1.82, 2.24) is 0 Å². The maximum Gasteiger partial charge on any atom is 0.340 e. The molecule has 20 heavy (non-hydrogen) atoms. The molecule has 2 N–H and O–H groups in total. The molecule has 4 heteroatoms. The van der Waals surface area contributed by atoms with Crippen LogP contribution in [0, 0.1) is 5.92 Å². The van der Waals surface area contributed by atoms with Gasteiger partial charge in [-0.05, 0) is 30.9 Å². The molecule has 0 aliphatic carbocycles. The molecule has 0 bridgehead atoms. The maximum atomic E-state index is 11.9. The molecule has 1 aliphatic heterocycles. The van der Waals surface area contributed by atoms with Crippen molar-refractivity contribution in [3.63, 3.8) is 0 Å². The smallest absolute Gasteiger partial charge is 0.340 e. The Labute approximate surface area is 120 Å². The minimum atomic E-state index is -0.317. The molecule has 0 radical (unpaired) electrons. The standard InChI is InChI=1S/C16H24N2O2/c1-3-5-12-8-10-18(11-9-12)15-13(16(19)20-2)6-4-7-14(15)17/h4,6-7,12H,3,5,8-11,17H2,1-2H3. The Morgan fingerprint density at radius 2 is 2.10 bits per heavy atom. The number of nitrogens with zero attached hydrogens (tertiary/aromatic N) is 1. The van der Waals surface area contributed by atoms with E-state index in [1.165, 1.54) is 32.8 Å². The lowest BCUT2D eigenvalue weighted by Gasteiger charge is -2.35. The molecule has 4 nitrogen and oxygen atoms in total. The Morgan fingerprint density at radius 3 is 2.70 bits per heavy atom. The van der Waals surface area contributed by atoms with Crippen molar-refractivity contribution >= 4 is 17.3 Å². The quantitative estimate of drug-likeness (QED) is 0.678. The molecule has 1 aromatic rings. The first kappa shape index (κ1) is 14.7. The Bertz CT molecular complexity index is 466. The number of hydrogen-bond acceptors (Lipinski definition) is 4. The minimum absolute atomic E-state index is 0.317. The molecule has 0 unspecified atom stereocenters. The van der Waals surface area contributed by atoms with Crippen molar-refractivity contribution in [2.75, 3.05) is 30.8 Å². The fourth-order valence-corrected chi connectivity index (χ4v) is 3.04. The summed E-state index contributed by atoms with van der Waals surface area (Å²) in [5.74, 6) is 0.491. The number of methoxy groups -OCH3 is 1. The van der Waals surface area contributed by atoms with Crippen LogP contribution in [0.15, 0.2) is 18.2 Å². The second-order valence-electron chi connectivity index (χ2n) is 5.45. The number of piperidine rings is 1. The van der Waals surface area contributed by atoms with Crippen molar-refractivity contribution in [2.45, 2.75) is 32.6 Å². The first-order valence-corrected chi connectivity index (χ1v) is 7.39.